The molecule has 0 radical (unpaired) electrons. The number of nitrogens with zero attached hydrogens (tertiary/aromatic N) is 1. The first-order chi connectivity index (χ1) is 8.29. The second-order valence-corrected chi connectivity index (χ2v) is 6.64. The summed E-state index contributed by atoms with van der Waals surface area (Å²) in [6, 6.07) is 12.0. The Labute approximate surface area is 107 Å². The van der Waals surface area contributed by atoms with E-state index in [-0.39, 0.29) is 5.97 Å². The second-order valence-electron chi connectivity index (χ2n) is 3.91. The van der Waals surface area contributed by atoms with Gasteiger partial charge in [0.05, 0.1) is 0 Å². The molecular formula is C13H15GeNO2. The van der Waals surface area contributed by atoms with Crippen LogP contribution >= 0.6 is 0 Å². The third-order valence-electron chi connectivity index (χ3n) is 2.49. The number of hydrogen-bond acceptors (Lipinski definition) is 3. The molecule has 3 nitrogen and oxygen atoms in total. The number of benzene rings is 1. The van der Waals surface area contributed by atoms with E-state index in [2.05, 4.69) is 4.98 Å². The van der Waals surface area contributed by atoms with Gasteiger partial charge in [-0.1, -0.05) is 0 Å². The Morgan fingerprint density at radius 3 is 2.94 bits per heavy atom. The SMILES string of the molecule is CCCC(=O)[O][GeH2][c]1ccc2ccccc2n1. The monoisotopic (exact) mass is 291 g/mol. The molecule has 0 fully saturated rings. The first-order valence-corrected chi connectivity index (χ1v) is 8.49. The zero-order valence-corrected chi connectivity index (χ0v) is 12.8. The van der Waals surface area contributed by atoms with Gasteiger partial charge >= 0.3 is 107 Å². The predicted octanol–water partition coefficient (Wildman–Crippen LogP) is 1.29. The van der Waals surface area contributed by atoms with E-state index in [1.807, 2.05) is 43.3 Å². The molecule has 2 aromatic rings. The molecule has 0 atom stereocenters. The van der Waals surface area contributed by atoms with Crippen LogP contribution < -0.4 is 4.53 Å². The van der Waals surface area contributed by atoms with Gasteiger partial charge in [-0.3, -0.25) is 0 Å². The van der Waals surface area contributed by atoms with Crippen molar-refractivity contribution < 1.29 is 8.56 Å². The Kier molecular flexibility index (Phi) is 4.14. The van der Waals surface area contributed by atoms with Crippen molar-refractivity contribution in [1.29, 1.82) is 0 Å². The van der Waals surface area contributed by atoms with E-state index < -0.39 is 15.8 Å². The van der Waals surface area contributed by atoms with E-state index in [9.17, 15) is 4.79 Å². The minimum atomic E-state index is -1.48. The predicted molar refractivity (Wildman–Crippen MR) is 70.9 cm³/mol. The van der Waals surface area contributed by atoms with Crippen LogP contribution in [-0.4, -0.2) is 26.7 Å². The van der Waals surface area contributed by atoms with Gasteiger partial charge in [-0.25, -0.2) is 0 Å². The van der Waals surface area contributed by atoms with Gasteiger partial charge in [-0.2, -0.15) is 0 Å². The molecule has 4 heteroatoms. The Morgan fingerprint density at radius 1 is 1.29 bits per heavy atom. The van der Waals surface area contributed by atoms with E-state index in [0.29, 0.717) is 6.42 Å². The summed E-state index contributed by atoms with van der Waals surface area (Å²) in [6.45, 7) is 1.97. The molecule has 1 heterocycles. The van der Waals surface area contributed by atoms with Gasteiger partial charge in [0, 0.05) is 0 Å². The third-order valence-corrected chi connectivity index (χ3v) is 4.92. The van der Waals surface area contributed by atoms with Crippen LogP contribution in [-0.2, 0) is 8.56 Å². The number of fused-ring (bicyclic) bond motifs is 1. The number of carbonyl (C=O) groups excluding carboxylic acids is 1. The van der Waals surface area contributed by atoms with Crippen molar-refractivity contribution in [2.24, 2.45) is 0 Å². The maximum atomic E-state index is 11.3. The summed E-state index contributed by atoms with van der Waals surface area (Å²) in [5.74, 6) is -0.0811. The van der Waals surface area contributed by atoms with Crippen molar-refractivity contribution in [3.8, 4) is 0 Å². The molecule has 0 bridgehead atoms. The maximum absolute atomic E-state index is 11.3. The van der Waals surface area contributed by atoms with Crippen LogP contribution in [0.15, 0.2) is 36.4 Å². The van der Waals surface area contributed by atoms with Gasteiger partial charge in [-0.15, -0.1) is 0 Å². The molecule has 0 saturated carbocycles. The minimum absolute atomic E-state index is 0.0811. The Balaban J connectivity index is 2.06. The summed E-state index contributed by atoms with van der Waals surface area (Å²) in [5, 5.41) is 1.12. The molecule has 2 rings (SSSR count). The molecule has 17 heavy (non-hydrogen) atoms. The fourth-order valence-corrected chi connectivity index (χ4v) is 3.51. The fourth-order valence-electron chi connectivity index (χ4n) is 1.62. The van der Waals surface area contributed by atoms with Crippen LogP contribution in [0.25, 0.3) is 10.9 Å². The zero-order valence-electron chi connectivity index (χ0n) is 9.85. The van der Waals surface area contributed by atoms with Crippen molar-refractivity contribution in [2.45, 2.75) is 19.8 Å². The van der Waals surface area contributed by atoms with Crippen LogP contribution in [0.1, 0.15) is 19.8 Å². The number of carbonyl (C=O) groups is 1. The molecule has 0 aliphatic rings. The normalized spacial score (nSPS) is 11.1. The van der Waals surface area contributed by atoms with E-state index in [1.54, 1.807) is 0 Å². The average molecular weight is 290 g/mol. The molecule has 0 aliphatic heterocycles. The molecular weight excluding hydrogens is 275 g/mol. The quantitative estimate of drug-likeness (QED) is 0.796. The molecule has 1 aromatic carbocycles. The van der Waals surface area contributed by atoms with Crippen LogP contribution in [0.4, 0.5) is 0 Å². The van der Waals surface area contributed by atoms with Crippen molar-refractivity contribution in [3.63, 3.8) is 0 Å². The van der Waals surface area contributed by atoms with Gasteiger partial charge in [0.15, 0.2) is 0 Å². The summed E-state index contributed by atoms with van der Waals surface area (Å²) in [7, 11) is 0. The number of rotatable bonds is 4. The van der Waals surface area contributed by atoms with Gasteiger partial charge in [0.2, 0.25) is 0 Å². The molecule has 0 aliphatic carbocycles. The number of pyridine rings is 1. The van der Waals surface area contributed by atoms with E-state index in [0.717, 1.165) is 21.9 Å². The van der Waals surface area contributed by atoms with Crippen molar-refractivity contribution in [1.82, 2.24) is 4.98 Å². The van der Waals surface area contributed by atoms with Crippen LogP contribution in [0.5, 0.6) is 0 Å². The fraction of sp³-hybridized carbons (Fsp3) is 0.231. The van der Waals surface area contributed by atoms with Crippen molar-refractivity contribution >= 4 is 37.2 Å². The summed E-state index contributed by atoms with van der Waals surface area (Å²) in [5.41, 5.74) is 0.974. The zero-order chi connectivity index (χ0) is 12.1. The van der Waals surface area contributed by atoms with Gasteiger partial charge in [0.25, 0.3) is 0 Å². The molecule has 0 N–H and O–H groups in total. The van der Waals surface area contributed by atoms with Crippen LogP contribution in [0, 0.1) is 0 Å². The van der Waals surface area contributed by atoms with Gasteiger partial charge in [0.1, 0.15) is 0 Å². The van der Waals surface area contributed by atoms with Crippen LogP contribution in [0.2, 0.25) is 0 Å². The summed E-state index contributed by atoms with van der Waals surface area (Å²) in [6.07, 6.45) is 1.35. The summed E-state index contributed by atoms with van der Waals surface area (Å²) >= 11 is -1.48. The average Bonchev–Trinajstić information content (AvgIpc) is 2.36. The van der Waals surface area contributed by atoms with Crippen molar-refractivity contribution in [3.05, 3.63) is 36.4 Å². The van der Waals surface area contributed by atoms with Crippen molar-refractivity contribution in [2.75, 3.05) is 0 Å². The number of hydrogen-bond donors (Lipinski definition) is 0. The summed E-state index contributed by atoms with van der Waals surface area (Å²) < 4.78 is 6.28. The molecule has 0 unspecified atom stereocenters. The number of para-hydroxylation sites is 1. The van der Waals surface area contributed by atoms with Gasteiger partial charge in [-0.05, 0) is 0 Å². The molecule has 1 aromatic heterocycles. The molecule has 0 saturated heterocycles. The third kappa shape index (κ3) is 3.30. The first kappa shape index (κ1) is 12.1. The Morgan fingerprint density at radius 2 is 2.12 bits per heavy atom. The van der Waals surface area contributed by atoms with E-state index in [1.165, 1.54) is 0 Å². The standard InChI is InChI=1S/C13H15GeNO2/c1-2-5-13(16)17-14-12-9-8-10-6-3-4-7-11(10)15-12/h3-4,6-9H,2,5,14H2,1H3. The second kappa shape index (κ2) is 5.82. The summed E-state index contributed by atoms with van der Waals surface area (Å²) in [4.78, 5) is 15.8. The molecule has 88 valence electrons. The number of aromatic nitrogens is 1. The van der Waals surface area contributed by atoms with E-state index in [4.69, 9.17) is 3.76 Å². The molecule has 0 amide bonds. The Hall–Kier alpha value is -1.36. The Bertz CT molecular complexity index is 528. The molecule has 0 spiro atoms. The van der Waals surface area contributed by atoms with E-state index >= 15 is 0 Å². The first-order valence-electron chi connectivity index (χ1n) is 5.80. The van der Waals surface area contributed by atoms with Gasteiger partial charge < -0.3 is 0 Å². The van der Waals surface area contributed by atoms with Crippen LogP contribution in [0.3, 0.4) is 0 Å². The topological polar surface area (TPSA) is 39.2 Å².